The van der Waals surface area contributed by atoms with Gasteiger partial charge in [0.05, 0.1) is 24.8 Å². The van der Waals surface area contributed by atoms with E-state index < -0.39 is 0 Å². The topological polar surface area (TPSA) is 44.9 Å². The molecule has 5 heteroatoms. The third-order valence-corrected chi connectivity index (χ3v) is 3.90. The molecule has 0 amide bonds. The molecule has 0 bridgehead atoms. The molecule has 5 nitrogen and oxygen atoms in total. The summed E-state index contributed by atoms with van der Waals surface area (Å²) in [7, 11) is 0. The Balaban J connectivity index is 1.89. The SMILES string of the molecule is CCn1cncc1-c1nccn1-c1cccc2c1CCO2. The fourth-order valence-corrected chi connectivity index (χ4v) is 2.88. The second-order valence-electron chi connectivity index (χ2n) is 5.04. The van der Waals surface area contributed by atoms with Gasteiger partial charge in [-0.3, -0.25) is 4.57 Å². The molecule has 0 saturated carbocycles. The van der Waals surface area contributed by atoms with E-state index in [0.717, 1.165) is 42.5 Å². The van der Waals surface area contributed by atoms with E-state index in [1.807, 2.05) is 37.1 Å². The highest BCUT2D eigenvalue weighted by Gasteiger charge is 2.19. The summed E-state index contributed by atoms with van der Waals surface area (Å²) in [4.78, 5) is 8.77. The average Bonchev–Trinajstić information content (AvgIpc) is 3.24. The number of hydrogen-bond acceptors (Lipinski definition) is 3. The number of hydrogen-bond donors (Lipinski definition) is 0. The molecule has 0 N–H and O–H groups in total. The van der Waals surface area contributed by atoms with Gasteiger partial charge in [-0.25, -0.2) is 9.97 Å². The molecule has 0 saturated heterocycles. The molecular weight excluding hydrogens is 264 g/mol. The Morgan fingerprint density at radius 3 is 3.19 bits per heavy atom. The van der Waals surface area contributed by atoms with Crippen molar-refractivity contribution >= 4 is 0 Å². The van der Waals surface area contributed by atoms with E-state index >= 15 is 0 Å². The van der Waals surface area contributed by atoms with Crippen molar-refractivity contribution in [3.63, 3.8) is 0 Å². The zero-order valence-corrected chi connectivity index (χ0v) is 11.9. The molecule has 2 aromatic heterocycles. The van der Waals surface area contributed by atoms with Crippen molar-refractivity contribution < 1.29 is 4.74 Å². The second kappa shape index (κ2) is 4.77. The van der Waals surface area contributed by atoms with Gasteiger partial charge in [0.1, 0.15) is 11.4 Å². The van der Waals surface area contributed by atoms with Gasteiger partial charge in [-0.15, -0.1) is 0 Å². The quantitative estimate of drug-likeness (QED) is 0.741. The smallest absolute Gasteiger partial charge is 0.162 e. The number of rotatable bonds is 3. The second-order valence-corrected chi connectivity index (χ2v) is 5.04. The molecule has 3 heterocycles. The van der Waals surface area contributed by atoms with Gasteiger partial charge >= 0.3 is 0 Å². The minimum atomic E-state index is 0.753. The van der Waals surface area contributed by atoms with Gasteiger partial charge in [0.25, 0.3) is 0 Å². The molecule has 0 unspecified atom stereocenters. The normalized spacial score (nSPS) is 13.2. The van der Waals surface area contributed by atoms with Crippen molar-refractivity contribution in [1.82, 2.24) is 19.1 Å². The highest BCUT2D eigenvalue weighted by Crippen LogP contribution is 2.32. The Kier molecular flexibility index (Phi) is 2.77. The first-order valence-electron chi connectivity index (χ1n) is 7.17. The molecule has 0 radical (unpaired) electrons. The lowest BCUT2D eigenvalue weighted by Gasteiger charge is -2.12. The van der Waals surface area contributed by atoms with Crippen LogP contribution < -0.4 is 4.74 Å². The maximum Gasteiger partial charge on any atom is 0.162 e. The summed E-state index contributed by atoms with van der Waals surface area (Å²) in [6.07, 6.45) is 8.47. The van der Waals surface area contributed by atoms with Crippen molar-refractivity contribution in [2.24, 2.45) is 0 Å². The molecule has 21 heavy (non-hydrogen) atoms. The van der Waals surface area contributed by atoms with Gasteiger partial charge in [0.15, 0.2) is 5.82 Å². The molecule has 1 aromatic carbocycles. The van der Waals surface area contributed by atoms with Gasteiger partial charge in [-0.2, -0.15) is 0 Å². The summed E-state index contributed by atoms with van der Waals surface area (Å²) in [6.45, 7) is 3.73. The first kappa shape index (κ1) is 12.2. The number of ether oxygens (including phenoxy) is 1. The highest BCUT2D eigenvalue weighted by molar-refractivity contribution is 5.59. The maximum atomic E-state index is 5.66. The summed E-state index contributed by atoms with van der Waals surface area (Å²) in [6, 6.07) is 6.17. The number of nitrogens with zero attached hydrogens (tertiary/aromatic N) is 4. The Morgan fingerprint density at radius 2 is 2.29 bits per heavy atom. The van der Waals surface area contributed by atoms with Crippen LogP contribution in [0, 0.1) is 0 Å². The number of benzene rings is 1. The Morgan fingerprint density at radius 1 is 1.33 bits per heavy atom. The van der Waals surface area contributed by atoms with E-state index in [2.05, 4.69) is 32.1 Å². The molecular formula is C16H16N4O. The Bertz CT molecular complexity index is 787. The van der Waals surface area contributed by atoms with Gasteiger partial charge in [0.2, 0.25) is 0 Å². The highest BCUT2D eigenvalue weighted by atomic mass is 16.5. The van der Waals surface area contributed by atoms with E-state index in [9.17, 15) is 0 Å². The van der Waals surface area contributed by atoms with Crippen molar-refractivity contribution in [1.29, 1.82) is 0 Å². The molecule has 1 aliphatic rings. The lowest BCUT2D eigenvalue weighted by atomic mass is 10.1. The lowest BCUT2D eigenvalue weighted by Crippen LogP contribution is -2.03. The minimum Gasteiger partial charge on any atom is -0.493 e. The third-order valence-electron chi connectivity index (χ3n) is 3.90. The van der Waals surface area contributed by atoms with Crippen molar-refractivity contribution in [2.75, 3.05) is 6.61 Å². The van der Waals surface area contributed by atoms with Crippen LogP contribution in [0.1, 0.15) is 12.5 Å². The van der Waals surface area contributed by atoms with Crippen molar-refractivity contribution in [3.8, 4) is 23.0 Å². The van der Waals surface area contributed by atoms with E-state index in [-0.39, 0.29) is 0 Å². The monoisotopic (exact) mass is 280 g/mol. The van der Waals surface area contributed by atoms with E-state index in [0.29, 0.717) is 0 Å². The molecule has 0 fully saturated rings. The summed E-state index contributed by atoms with van der Waals surface area (Å²) in [5.74, 6) is 1.89. The Hall–Kier alpha value is -2.56. The van der Waals surface area contributed by atoms with Gasteiger partial charge < -0.3 is 9.30 Å². The lowest BCUT2D eigenvalue weighted by molar-refractivity contribution is 0.357. The molecule has 0 aliphatic carbocycles. The number of imidazole rings is 2. The van der Waals surface area contributed by atoms with Crippen LogP contribution in [0.5, 0.6) is 5.75 Å². The van der Waals surface area contributed by atoms with Gasteiger partial charge in [-0.05, 0) is 19.1 Å². The predicted octanol–water partition coefficient (Wildman–Crippen LogP) is 2.69. The zero-order chi connectivity index (χ0) is 14.2. The van der Waals surface area contributed by atoms with Crippen LogP contribution in [0.15, 0.2) is 43.1 Å². The number of fused-ring (bicyclic) bond motifs is 1. The van der Waals surface area contributed by atoms with Crippen LogP contribution in [0.4, 0.5) is 0 Å². The molecule has 1 aliphatic heterocycles. The fourth-order valence-electron chi connectivity index (χ4n) is 2.88. The summed E-state index contributed by atoms with van der Waals surface area (Å²) < 4.78 is 9.88. The van der Waals surface area contributed by atoms with E-state index in [4.69, 9.17) is 4.74 Å². The van der Waals surface area contributed by atoms with Crippen LogP contribution in [0.2, 0.25) is 0 Å². The van der Waals surface area contributed by atoms with Crippen LogP contribution in [0.25, 0.3) is 17.2 Å². The van der Waals surface area contributed by atoms with E-state index in [1.54, 1.807) is 0 Å². The van der Waals surface area contributed by atoms with Gasteiger partial charge in [-0.1, -0.05) is 6.07 Å². The molecule has 0 spiro atoms. The predicted molar refractivity (Wildman–Crippen MR) is 79.7 cm³/mol. The first-order chi connectivity index (χ1) is 10.4. The molecule has 4 rings (SSSR count). The van der Waals surface area contributed by atoms with Crippen LogP contribution >= 0.6 is 0 Å². The molecule has 0 atom stereocenters. The fraction of sp³-hybridized carbons (Fsp3) is 0.250. The summed E-state index contributed by atoms with van der Waals surface area (Å²) in [5, 5.41) is 0. The van der Waals surface area contributed by atoms with Crippen LogP contribution in [-0.2, 0) is 13.0 Å². The standard InChI is InChI=1S/C16H16N4O/c1-2-19-11-17-10-14(19)16-18-7-8-20(16)13-4-3-5-15-12(13)6-9-21-15/h3-5,7-8,10-11H,2,6,9H2,1H3. The first-order valence-corrected chi connectivity index (χ1v) is 7.17. The zero-order valence-electron chi connectivity index (χ0n) is 11.9. The van der Waals surface area contributed by atoms with Gasteiger partial charge in [0, 0.05) is 30.9 Å². The van der Waals surface area contributed by atoms with E-state index in [1.165, 1.54) is 5.56 Å². The van der Waals surface area contributed by atoms with Crippen LogP contribution in [-0.4, -0.2) is 25.7 Å². The van der Waals surface area contributed by atoms with Crippen molar-refractivity contribution in [3.05, 3.63) is 48.7 Å². The summed E-state index contributed by atoms with van der Waals surface area (Å²) >= 11 is 0. The number of aromatic nitrogens is 4. The molecule has 106 valence electrons. The maximum absolute atomic E-state index is 5.66. The average molecular weight is 280 g/mol. The summed E-state index contributed by atoms with van der Waals surface area (Å²) in [5.41, 5.74) is 3.42. The molecule has 3 aromatic rings. The van der Waals surface area contributed by atoms with Crippen LogP contribution in [0.3, 0.4) is 0 Å². The van der Waals surface area contributed by atoms with Crippen molar-refractivity contribution in [2.45, 2.75) is 19.9 Å². The number of aryl methyl sites for hydroxylation is 1. The third kappa shape index (κ3) is 1.85. The Labute approximate surface area is 122 Å². The minimum absolute atomic E-state index is 0.753. The largest absolute Gasteiger partial charge is 0.493 e.